The van der Waals surface area contributed by atoms with Gasteiger partial charge in [-0.05, 0) is 47.0 Å². The summed E-state index contributed by atoms with van der Waals surface area (Å²) >= 11 is 0. The number of nitrogens with one attached hydrogen (secondary N) is 1. The van der Waals surface area contributed by atoms with Crippen molar-refractivity contribution in [2.75, 3.05) is 25.6 Å². The largest absolute Gasteiger partial charge is 0.493 e. The van der Waals surface area contributed by atoms with E-state index < -0.39 is 0 Å². The van der Waals surface area contributed by atoms with Crippen LogP contribution in [0.2, 0.25) is 0 Å². The SMILES string of the molecule is CN(C)c1ccc(CNC(=O)C=Cc2ccc3c(c2)CCO3)cc1. The third-order valence-electron chi connectivity index (χ3n) is 4.06. The van der Waals surface area contributed by atoms with E-state index in [0.29, 0.717) is 6.54 Å². The summed E-state index contributed by atoms with van der Waals surface area (Å²) in [6.07, 6.45) is 4.35. The second kappa shape index (κ2) is 7.21. The molecule has 0 saturated heterocycles. The minimum atomic E-state index is -0.0940. The third-order valence-corrected chi connectivity index (χ3v) is 4.06. The van der Waals surface area contributed by atoms with Crippen LogP contribution in [0.3, 0.4) is 0 Å². The Balaban J connectivity index is 1.53. The highest BCUT2D eigenvalue weighted by Crippen LogP contribution is 2.26. The fourth-order valence-electron chi connectivity index (χ4n) is 2.64. The van der Waals surface area contributed by atoms with Gasteiger partial charge in [0.25, 0.3) is 0 Å². The zero-order chi connectivity index (χ0) is 16.9. The van der Waals surface area contributed by atoms with Crippen molar-refractivity contribution < 1.29 is 9.53 Å². The lowest BCUT2D eigenvalue weighted by atomic mass is 10.1. The van der Waals surface area contributed by atoms with Gasteiger partial charge in [-0.1, -0.05) is 18.2 Å². The number of amides is 1. The van der Waals surface area contributed by atoms with Crippen LogP contribution in [-0.2, 0) is 17.8 Å². The standard InChI is InChI=1S/C20H22N2O2/c1-22(2)18-7-3-16(4-8-18)14-21-20(23)10-6-15-5-9-19-17(13-15)11-12-24-19/h3-10,13H,11-12,14H2,1-2H3,(H,21,23). The van der Waals surface area contributed by atoms with Crippen molar-refractivity contribution in [2.45, 2.75) is 13.0 Å². The van der Waals surface area contributed by atoms with Crippen LogP contribution in [0.1, 0.15) is 16.7 Å². The van der Waals surface area contributed by atoms with E-state index in [1.54, 1.807) is 6.08 Å². The molecule has 0 spiro atoms. The molecule has 0 saturated carbocycles. The van der Waals surface area contributed by atoms with Crippen LogP contribution in [-0.4, -0.2) is 26.6 Å². The van der Waals surface area contributed by atoms with E-state index in [1.807, 2.05) is 61.5 Å². The van der Waals surface area contributed by atoms with Crippen molar-refractivity contribution in [1.82, 2.24) is 5.32 Å². The maximum atomic E-state index is 12.0. The molecule has 1 aliphatic heterocycles. The molecular formula is C20H22N2O2. The van der Waals surface area contributed by atoms with Gasteiger partial charge in [-0.25, -0.2) is 0 Å². The molecule has 0 aromatic heterocycles. The Labute approximate surface area is 142 Å². The second-order valence-corrected chi connectivity index (χ2v) is 6.08. The van der Waals surface area contributed by atoms with Gasteiger partial charge in [-0.2, -0.15) is 0 Å². The van der Waals surface area contributed by atoms with Gasteiger partial charge in [0.1, 0.15) is 5.75 Å². The molecule has 24 heavy (non-hydrogen) atoms. The average molecular weight is 322 g/mol. The van der Waals surface area contributed by atoms with Crippen molar-refractivity contribution in [3.8, 4) is 5.75 Å². The molecule has 0 radical (unpaired) electrons. The van der Waals surface area contributed by atoms with Crippen molar-refractivity contribution in [3.05, 3.63) is 65.2 Å². The Hall–Kier alpha value is -2.75. The fraction of sp³-hybridized carbons (Fsp3) is 0.250. The van der Waals surface area contributed by atoms with Crippen molar-refractivity contribution in [2.24, 2.45) is 0 Å². The molecule has 1 aliphatic rings. The number of fused-ring (bicyclic) bond motifs is 1. The van der Waals surface area contributed by atoms with E-state index in [1.165, 1.54) is 5.56 Å². The highest BCUT2D eigenvalue weighted by atomic mass is 16.5. The van der Waals surface area contributed by atoms with Gasteiger partial charge in [0.05, 0.1) is 6.61 Å². The molecule has 1 N–H and O–H groups in total. The summed E-state index contributed by atoms with van der Waals surface area (Å²) in [5, 5.41) is 2.91. The second-order valence-electron chi connectivity index (χ2n) is 6.08. The molecule has 3 rings (SSSR count). The smallest absolute Gasteiger partial charge is 0.244 e. The summed E-state index contributed by atoms with van der Waals surface area (Å²) in [5.74, 6) is 0.862. The maximum Gasteiger partial charge on any atom is 0.244 e. The molecule has 0 bridgehead atoms. The van der Waals surface area contributed by atoms with E-state index in [-0.39, 0.29) is 5.91 Å². The van der Waals surface area contributed by atoms with Crippen LogP contribution in [0, 0.1) is 0 Å². The van der Waals surface area contributed by atoms with E-state index in [0.717, 1.165) is 35.6 Å². The first kappa shape index (κ1) is 16.1. The van der Waals surface area contributed by atoms with Gasteiger partial charge in [-0.15, -0.1) is 0 Å². The topological polar surface area (TPSA) is 41.6 Å². The van der Waals surface area contributed by atoms with E-state index in [2.05, 4.69) is 11.4 Å². The predicted octanol–water partition coefficient (Wildman–Crippen LogP) is 3.02. The first-order valence-corrected chi connectivity index (χ1v) is 8.10. The molecule has 0 atom stereocenters. The van der Waals surface area contributed by atoms with Gasteiger partial charge < -0.3 is 15.0 Å². The zero-order valence-corrected chi connectivity index (χ0v) is 14.1. The van der Waals surface area contributed by atoms with Crippen molar-refractivity contribution in [3.63, 3.8) is 0 Å². The van der Waals surface area contributed by atoms with Gasteiger partial charge in [-0.3, -0.25) is 4.79 Å². The minimum Gasteiger partial charge on any atom is -0.493 e. The Morgan fingerprint density at radius 1 is 1.21 bits per heavy atom. The fourth-order valence-corrected chi connectivity index (χ4v) is 2.64. The van der Waals surface area contributed by atoms with Crippen LogP contribution in [0.25, 0.3) is 6.08 Å². The number of anilines is 1. The number of hydrogen-bond acceptors (Lipinski definition) is 3. The summed E-state index contributed by atoms with van der Waals surface area (Å²) in [6.45, 7) is 1.27. The molecule has 0 unspecified atom stereocenters. The van der Waals surface area contributed by atoms with E-state index in [4.69, 9.17) is 4.74 Å². The van der Waals surface area contributed by atoms with Gasteiger partial charge in [0.15, 0.2) is 0 Å². The molecule has 0 aliphatic carbocycles. The summed E-state index contributed by atoms with van der Waals surface area (Å²) in [5.41, 5.74) is 4.45. The van der Waals surface area contributed by atoms with Gasteiger partial charge in [0.2, 0.25) is 5.91 Å². The summed E-state index contributed by atoms with van der Waals surface area (Å²) < 4.78 is 5.48. The molecule has 124 valence electrons. The lowest BCUT2D eigenvalue weighted by Gasteiger charge is -2.12. The number of hydrogen-bond donors (Lipinski definition) is 1. The summed E-state index contributed by atoms with van der Waals surface area (Å²) in [7, 11) is 4.01. The molecule has 1 heterocycles. The molecule has 2 aromatic carbocycles. The monoisotopic (exact) mass is 322 g/mol. The quantitative estimate of drug-likeness (QED) is 0.861. The summed E-state index contributed by atoms with van der Waals surface area (Å²) in [4.78, 5) is 14.0. The number of carbonyl (C=O) groups excluding carboxylic acids is 1. The third kappa shape index (κ3) is 3.96. The Bertz CT molecular complexity index is 749. The number of ether oxygens (including phenoxy) is 1. The molecular weight excluding hydrogens is 300 g/mol. The highest BCUT2D eigenvalue weighted by Gasteiger charge is 2.11. The predicted molar refractivity (Wildman–Crippen MR) is 97.3 cm³/mol. The number of nitrogens with zero attached hydrogens (tertiary/aromatic N) is 1. The zero-order valence-electron chi connectivity index (χ0n) is 14.1. The average Bonchev–Trinajstić information content (AvgIpc) is 3.06. The Morgan fingerprint density at radius 2 is 2.00 bits per heavy atom. The number of benzene rings is 2. The first-order valence-electron chi connectivity index (χ1n) is 8.10. The van der Waals surface area contributed by atoms with Crippen molar-refractivity contribution >= 4 is 17.7 Å². The van der Waals surface area contributed by atoms with Crippen LogP contribution in [0.15, 0.2) is 48.5 Å². The maximum absolute atomic E-state index is 12.0. The molecule has 0 fully saturated rings. The lowest BCUT2D eigenvalue weighted by Crippen LogP contribution is -2.20. The van der Waals surface area contributed by atoms with Crippen LogP contribution in [0.4, 0.5) is 5.69 Å². The van der Waals surface area contributed by atoms with E-state index in [9.17, 15) is 4.79 Å². The lowest BCUT2D eigenvalue weighted by molar-refractivity contribution is -0.116. The van der Waals surface area contributed by atoms with Gasteiger partial charge >= 0.3 is 0 Å². The Kier molecular flexibility index (Phi) is 4.85. The Morgan fingerprint density at radius 3 is 2.75 bits per heavy atom. The van der Waals surface area contributed by atoms with Crippen LogP contribution in [0.5, 0.6) is 5.75 Å². The summed E-state index contributed by atoms with van der Waals surface area (Å²) in [6, 6.07) is 14.2. The van der Waals surface area contributed by atoms with Gasteiger partial charge in [0, 0.05) is 38.8 Å². The first-order chi connectivity index (χ1) is 11.6. The molecule has 2 aromatic rings. The molecule has 1 amide bonds. The van der Waals surface area contributed by atoms with E-state index >= 15 is 0 Å². The van der Waals surface area contributed by atoms with Crippen molar-refractivity contribution in [1.29, 1.82) is 0 Å². The molecule has 4 heteroatoms. The number of carbonyl (C=O) groups is 1. The number of rotatable bonds is 5. The van der Waals surface area contributed by atoms with Crippen LogP contribution >= 0.6 is 0 Å². The van der Waals surface area contributed by atoms with Crippen LogP contribution < -0.4 is 15.0 Å². The normalized spacial score (nSPS) is 12.8. The minimum absolute atomic E-state index is 0.0940. The highest BCUT2D eigenvalue weighted by molar-refractivity contribution is 5.91. The molecule has 4 nitrogen and oxygen atoms in total.